The highest BCUT2D eigenvalue weighted by molar-refractivity contribution is 5.38. The Balaban J connectivity index is 2.31. The first-order valence-electron chi connectivity index (χ1n) is 6.46. The number of rotatable bonds is 3. The molecule has 2 aromatic carbocycles. The van der Waals surface area contributed by atoms with Gasteiger partial charge in [0, 0.05) is 0 Å². The molecule has 2 aromatic rings. The molecule has 0 aliphatic rings. The zero-order chi connectivity index (χ0) is 13.1. The summed E-state index contributed by atoms with van der Waals surface area (Å²) in [6.45, 7) is 6.25. The first-order valence-corrected chi connectivity index (χ1v) is 6.46. The van der Waals surface area contributed by atoms with Crippen molar-refractivity contribution < 1.29 is 5.11 Å². The van der Waals surface area contributed by atoms with Crippen molar-refractivity contribution in [3.8, 4) is 0 Å². The van der Waals surface area contributed by atoms with Gasteiger partial charge in [0.25, 0.3) is 0 Å². The van der Waals surface area contributed by atoms with Crippen LogP contribution in [0, 0.1) is 13.8 Å². The zero-order valence-electron chi connectivity index (χ0n) is 11.3. The molecule has 0 aromatic heterocycles. The highest BCUT2D eigenvalue weighted by atomic mass is 16.3. The first-order chi connectivity index (χ1) is 8.61. The average molecular weight is 240 g/mol. The molecule has 1 atom stereocenters. The van der Waals surface area contributed by atoms with Gasteiger partial charge in [0.1, 0.15) is 6.10 Å². The molecule has 94 valence electrons. The van der Waals surface area contributed by atoms with Gasteiger partial charge in [-0.2, -0.15) is 0 Å². The van der Waals surface area contributed by atoms with Crippen LogP contribution >= 0.6 is 0 Å². The molecule has 0 amide bonds. The fourth-order valence-electron chi connectivity index (χ4n) is 2.25. The Morgan fingerprint density at radius 1 is 1.00 bits per heavy atom. The molecule has 0 saturated carbocycles. The topological polar surface area (TPSA) is 20.2 Å². The minimum atomic E-state index is -0.531. The number of benzene rings is 2. The smallest absolute Gasteiger partial charge is 0.104 e. The highest BCUT2D eigenvalue weighted by Crippen LogP contribution is 2.25. The molecule has 0 aliphatic heterocycles. The van der Waals surface area contributed by atoms with Crippen LogP contribution in [0.3, 0.4) is 0 Å². The van der Waals surface area contributed by atoms with E-state index in [4.69, 9.17) is 0 Å². The monoisotopic (exact) mass is 240 g/mol. The fourth-order valence-corrected chi connectivity index (χ4v) is 2.25. The highest BCUT2D eigenvalue weighted by Gasteiger charge is 2.12. The minimum Gasteiger partial charge on any atom is -0.384 e. The summed E-state index contributed by atoms with van der Waals surface area (Å²) in [5.74, 6) is 0. The summed E-state index contributed by atoms with van der Waals surface area (Å²) in [5.41, 5.74) is 5.61. The SMILES string of the molecule is CCc1ccc(C(O)c2ccc(C)cc2C)cc1. The van der Waals surface area contributed by atoms with Gasteiger partial charge in [-0.05, 0) is 42.5 Å². The molecular weight excluding hydrogens is 220 g/mol. The maximum absolute atomic E-state index is 10.4. The summed E-state index contributed by atoms with van der Waals surface area (Å²) in [6, 6.07) is 14.4. The van der Waals surface area contributed by atoms with Gasteiger partial charge in [-0.1, -0.05) is 55.0 Å². The number of aliphatic hydroxyl groups is 1. The molecular formula is C17H20O. The van der Waals surface area contributed by atoms with E-state index in [-0.39, 0.29) is 0 Å². The van der Waals surface area contributed by atoms with Crippen molar-refractivity contribution in [3.63, 3.8) is 0 Å². The summed E-state index contributed by atoms with van der Waals surface area (Å²) >= 11 is 0. The Morgan fingerprint density at radius 2 is 1.67 bits per heavy atom. The van der Waals surface area contributed by atoms with E-state index >= 15 is 0 Å². The second-order valence-electron chi connectivity index (χ2n) is 4.86. The van der Waals surface area contributed by atoms with Crippen LogP contribution < -0.4 is 0 Å². The molecule has 0 bridgehead atoms. The van der Waals surface area contributed by atoms with E-state index in [9.17, 15) is 5.11 Å². The lowest BCUT2D eigenvalue weighted by atomic mass is 9.95. The Kier molecular flexibility index (Phi) is 3.83. The molecule has 0 fully saturated rings. The predicted octanol–water partition coefficient (Wildman–Crippen LogP) is 3.95. The standard InChI is InChI=1S/C17H20O/c1-4-14-6-8-15(9-7-14)17(18)16-10-5-12(2)11-13(16)3/h5-11,17-18H,4H2,1-3H3. The van der Waals surface area contributed by atoms with Gasteiger partial charge < -0.3 is 5.11 Å². The van der Waals surface area contributed by atoms with Crippen LogP contribution in [0.15, 0.2) is 42.5 Å². The van der Waals surface area contributed by atoms with Crippen molar-refractivity contribution in [2.24, 2.45) is 0 Å². The van der Waals surface area contributed by atoms with Gasteiger partial charge in [-0.15, -0.1) is 0 Å². The van der Waals surface area contributed by atoms with E-state index in [2.05, 4.69) is 32.0 Å². The molecule has 0 spiro atoms. The summed E-state index contributed by atoms with van der Waals surface area (Å²) in [6.07, 6.45) is 0.497. The van der Waals surface area contributed by atoms with Crippen molar-refractivity contribution >= 4 is 0 Å². The Labute approximate surface area is 109 Å². The predicted molar refractivity (Wildman–Crippen MR) is 75.8 cm³/mol. The molecule has 0 radical (unpaired) electrons. The van der Waals surface area contributed by atoms with Crippen molar-refractivity contribution in [2.75, 3.05) is 0 Å². The Hall–Kier alpha value is -1.60. The van der Waals surface area contributed by atoms with Gasteiger partial charge in [-0.25, -0.2) is 0 Å². The van der Waals surface area contributed by atoms with Gasteiger partial charge in [0.2, 0.25) is 0 Å². The van der Waals surface area contributed by atoms with Crippen molar-refractivity contribution in [3.05, 3.63) is 70.3 Å². The summed E-state index contributed by atoms with van der Waals surface area (Å²) < 4.78 is 0. The number of hydrogen-bond donors (Lipinski definition) is 1. The molecule has 0 heterocycles. The Morgan fingerprint density at radius 3 is 2.22 bits per heavy atom. The summed E-state index contributed by atoms with van der Waals surface area (Å²) in [4.78, 5) is 0. The maximum Gasteiger partial charge on any atom is 0.104 e. The number of aliphatic hydroxyl groups excluding tert-OH is 1. The molecule has 0 aliphatic carbocycles. The normalized spacial score (nSPS) is 12.4. The molecule has 1 unspecified atom stereocenters. The van der Waals surface area contributed by atoms with Crippen LogP contribution in [-0.2, 0) is 6.42 Å². The van der Waals surface area contributed by atoms with Crippen LogP contribution in [0.1, 0.15) is 40.8 Å². The third kappa shape index (κ3) is 2.62. The van der Waals surface area contributed by atoms with Crippen molar-refractivity contribution in [1.82, 2.24) is 0 Å². The molecule has 2 rings (SSSR count). The van der Waals surface area contributed by atoms with E-state index < -0.39 is 6.10 Å². The quantitative estimate of drug-likeness (QED) is 0.861. The zero-order valence-corrected chi connectivity index (χ0v) is 11.3. The summed E-state index contributed by atoms with van der Waals surface area (Å²) in [5, 5.41) is 10.4. The molecule has 18 heavy (non-hydrogen) atoms. The molecule has 1 nitrogen and oxygen atoms in total. The van der Waals surface area contributed by atoms with Gasteiger partial charge >= 0.3 is 0 Å². The Bertz CT molecular complexity index is 526. The van der Waals surface area contributed by atoms with Crippen LogP contribution in [0.25, 0.3) is 0 Å². The molecule has 0 saturated heterocycles. The second-order valence-corrected chi connectivity index (χ2v) is 4.86. The third-order valence-electron chi connectivity index (χ3n) is 3.42. The summed E-state index contributed by atoms with van der Waals surface area (Å²) in [7, 11) is 0. The second kappa shape index (κ2) is 5.36. The van der Waals surface area contributed by atoms with Crippen molar-refractivity contribution in [1.29, 1.82) is 0 Å². The maximum atomic E-state index is 10.4. The number of hydrogen-bond acceptors (Lipinski definition) is 1. The van der Waals surface area contributed by atoms with Crippen molar-refractivity contribution in [2.45, 2.75) is 33.3 Å². The van der Waals surface area contributed by atoms with E-state index in [0.717, 1.165) is 23.1 Å². The lowest BCUT2D eigenvalue weighted by molar-refractivity contribution is 0.219. The van der Waals surface area contributed by atoms with Crippen LogP contribution in [0.2, 0.25) is 0 Å². The fraction of sp³-hybridized carbons (Fsp3) is 0.294. The lowest BCUT2D eigenvalue weighted by Crippen LogP contribution is -2.02. The minimum absolute atomic E-state index is 0.531. The average Bonchev–Trinajstić information content (AvgIpc) is 2.38. The largest absolute Gasteiger partial charge is 0.384 e. The van der Waals surface area contributed by atoms with E-state index in [1.54, 1.807) is 0 Å². The van der Waals surface area contributed by atoms with E-state index in [1.165, 1.54) is 11.1 Å². The van der Waals surface area contributed by atoms with E-state index in [1.807, 2.05) is 31.2 Å². The first kappa shape index (κ1) is 12.8. The van der Waals surface area contributed by atoms with E-state index in [0.29, 0.717) is 0 Å². The van der Waals surface area contributed by atoms with Gasteiger partial charge in [0.05, 0.1) is 0 Å². The molecule has 1 heteroatoms. The van der Waals surface area contributed by atoms with Crippen LogP contribution in [0.5, 0.6) is 0 Å². The van der Waals surface area contributed by atoms with Gasteiger partial charge in [0.15, 0.2) is 0 Å². The third-order valence-corrected chi connectivity index (χ3v) is 3.42. The number of aryl methyl sites for hydroxylation is 3. The molecule has 1 N–H and O–H groups in total. The van der Waals surface area contributed by atoms with Crippen LogP contribution in [0.4, 0.5) is 0 Å². The van der Waals surface area contributed by atoms with Gasteiger partial charge in [-0.3, -0.25) is 0 Å². The van der Waals surface area contributed by atoms with Crippen LogP contribution in [-0.4, -0.2) is 5.11 Å². The lowest BCUT2D eigenvalue weighted by Gasteiger charge is -2.15.